The number of hydrogen-bond donors (Lipinski definition) is 1. The van der Waals surface area contributed by atoms with E-state index in [-0.39, 0.29) is 12.0 Å². The number of carbonyl (C=O) groups excluding carboxylic acids is 1. The minimum Gasteiger partial charge on any atom is -0.368 e. The Balaban J connectivity index is 1.58. The van der Waals surface area contributed by atoms with Crippen LogP contribution in [0.4, 0.5) is 0 Å². The molecule has 2 aliphatic rings. The van der Waals surface area contributed by atoms with Crippen LogP contribution in [-0.2, 0) is 35.1 Å². The highest BCUT2D eigenvalue weighted by atomic mass is 16.7. The molecule has 0 spiro atoms. The van der Waals surface area contributed by atoms with Crippen LogP contribution in [0.25, 0.3) is 0 Å². The van der Waals surface area contributed by atoms with Crippen molar-refractivity contribution >= 4 is 5.91 Å². The van der Waals surface area contributed by atoms with E-state index < -0.39 is 30.8 Å². The van der Waals surface area contributed by atoms with Gasteiger partial charge in [-0.1, -0.05) is 60.7 Å². The summed E-state index contributed by atoms with van der Waals surface area (Å²) < 4.78 is 30.1. The molecule has 2 aromatic rings. The summed E-state index contributed by atoms with van der Waals surface area (Å²) in [5.74, 6) is -0.191. The van der Waals surface area contributed by atoms with Crippen molar-refractivity contribution in [2.75, 3.05) is 13.7 Å². The summed E-state index contributed by atoms with van der Waals surface area (Å²) in [6.45, 7) is 2.17. The molecule has 30 heavy (non-hydrogen) atoms. The van der Waals surface area contributed by atoms with Gasteiger partial charge in [-0.3, -0.25) is 4.79 Å². The number of amides is 1. The van der Waals surface area contributed by atoms with Gasteiger partial charge in [-0.2, -0.15) is 0 Å². The second-order valence-electron chi connectivity index (χ2n) is 7.44. The molecule has 2 fully saturated rings. The Kier molecular flexibility index (Phi) is 6.76. The first-order valence-electron chi connectivity index (χ1n) is 10.1. The maximum Gasteiger partial charge on any atom is 0.217 e. The first kappa shape index (κ1) is 21.0. The molecule has 0 bridgehead atoms. The van der Waals surface area contributed by atoms with E-state index in [1.165, 1.54) is 6.92 Å². The van der Waals surface area contributed by atoms with Crippen molar-refractivity contribution in [2.24, 2.45) is 0 Å². The average Bonchev–Trinajstić information content (AvgIpc) is 2.78. The lowest BCUT2D eigenvalue weighted by Crippen LogP contribution is -2.67. The van der Waals surface area contributed by atoms with E-state index in [2.05, 4.69) is 5.32 Å². The van der Waals surface area contributed by atoms with Crippen LogP contribution in [0, 0.1) is 0 Å². The lowest BCUT2D eigenvalue weighted by atomic mass is 9.95. The fourth-order valence-electron chi connectivity index (χ4n) is 3.91. The fraction of sp³-hybridized carbons (Fsp3) is 0.435. The van der Waals surface area contributed by atoms with E-state index in [4.69, 9.17) is 23.7 Å². The minimum absolute atomic E-state index is 0.191. The summed E-state index contributed by atoms with van der Waals surface area (Å²) in [5, 5.41) is 2.92. The maximum atomic E-state index is 11.9. The van der Waals surface area contributed by atoms with Crippen LogP contribution in [-0.4, -0.2) is 50.3 Å². The summed E-state index contributed by atoms with van der Waals surface area (Å²) in [6, 6.07) is 19.1. The van der Waals surface area contributed by atoms with Gasteiger partial charge in [0.2, 0.25) is 5.91 Å². The van der Waals surface area contributed by atoms with Crippen molar-refractivity contribution in [2.45, 2.75) is 50.5 Å². The van der Waals surface area contributed by atoms with Gasteiger partial charge in [0.25, 0.3) is 0 Å². The van der Waals surface area contributed by atoms with Gasteiger partial charge in [0, 0.05) is 19.6 Å². The molecule has 0 saturated carbocycles. The molecule has 2 heterocycles. The Labute approximate surface area is 176 Å². The summed E-state index contributed by atoms with van der Waals surface area (Å²) in [7, 11) is 1.55. The van der Waals surface area contributed by atoms with Gasteiger partial charge >= 0.3 is 0 Å². The van der Waals surface area contributed by atoms with Gasteiger partial charge in [0.15, 0.2) is 12.6 Å². The standard InChI is InChI=1S/C23H27NO6/c1-15(25)24-19-21(27-13-16-9-5-3-6-10-16)20-18(29-23(19)26-2)14-28-22(30-20)17-11-7-4-8-12-17/h3-12,18-23H,13-14H2,1-2H3,(H,24,25)/t18-,19-,20-,21+,22?,23+/m1/s1. The molecule has 2 saturated heterocycles. The lowest BCUT2D eigenvalue weighted by Gasteiger charge is -2.49. The first-order chi connectivity index (χ1) is 14.7. The van der Waals surface area contributed by atoms with Crippen molar-refractivity contribution in [3.63, 3.8) is 0 Å². The van der Waals surface area contributed by atoms with Crippen LogP contribution in [0.2, 0.25) is 0 Å². The number of benzene rings is 2. The van der Waals surface area contributed by atoms with E-state index in [0.717, 1.165) is 11.1 Å². The normalized spacial score (nSPS) is 31.0. The van der Waals surface area contributed by atoms with Crippen LogP contribution in [0.15, 0.2) is 60.7 Å². The number of carbonyl (C=O) groups is 1. The molecule has 6 atom stereocenters. The Bertz CT molecular complexity index is 817. The highest BCUT2D eigenvalue weighted by Gasteiger charge is 2.51. The second-order valence-corrected chi connectivity index (χ2v) is 7.44. The number of hydrogen-bond acceptors (Lipinski definition) is 6. The zero-order valence-electron chi connectivity index (χ0n) is 17.1. The van der Waals surface area contributed by atoms with Gasteiger partial charge < -0.3 is 29.0 Å². The molecule has 1 amide bonds. The molecule has 1 N–H and O–H groups in total. The third kappa shape index (κ3) is 4.71. The highest BCUT2D eigenvalue weighted by molar-refractivity contribution is 5.73. The van der Waals surface area contributed by atoms with Crippen LogP contribution < -0.4 is 5.32 Å². The monoisotopic (exact) mass is 413 g/mol. The van der Waals surface area contributed by atoms with Crippen molar-refractivity contribution in [3.8, 4) is 0 Å². The van der Waals surface area contributed by atoms with Crippen molar-refractivity contribution < 1.29 is 28.5 Å². The van der Waals surface area contributed by atoms with Gasteiger partial charge in [0.1, 0.15) is 24.4 Å². The molecule has 0 radical (unpaired) electrons. The quantitative estimate of drug-likeness (QED) is 0.785. The van der Waals surface area contributed by atoms with Crippen LogP contribution in [0.5, 0.6) is 0 Å². The first-order valence-corrected chi connectivity index (χ1v) is 10.1. The lowest BCUT2D eigenvalue weighted by molar-refractivity contribution is -0.346. The van der Waals surface area contributed by atoms with Crippen LogP contribution in [0.1, 0.15) is 24.3 Å². The van der Waals surface area contributed by atoms with Gasteiger partial charge in [0.05, 0.1) is 13.2 Å². The van der Waals surface area contributed by atoms with Gasteiger partial charge in [-0.05, 0) is 5.56 Å². The molecule has 160 valence electrons. The van der Waals surface area contributed by atoms with Crippen LogP contribution in [0.3, 0.4) is 0 Å². The third-order valence-corrected chi connectivity index (χ3v) is 5.30. The van der Waals surface area contributed by atoms with E-state index in [1.807, 2.05) is 60.7 Å². The van der Waals surface area contributed by atoms with E-state index >= 15 is 0 Å². The number of ether oxygens (including phenoxy) is 5. The molecule has 0 aromatic heterocycles. The molecule has 0 aliphatic carbocycles. The van der Waals surface area contributed by atoms with Crippen molar-refractivity contribution in [3.05, 3.63) is 71.8 Å². The molecule has 2 aliphatic heterocycles. The number of methoxy groups -OCH3 is 1. The predicted molar refractivity (Wildman–Crippen MR) is 108 cm³/mol. The summed E-state index contributed by atoms with van der Waals surface area (Å²) >= 11 is 0. The van der Waals surface area contributed by atoms with Crippen molar-refractivity contribution in [1.82, 2.24) is 5.32 Å². The van der Waals surface area contributed by atoms with Crippen molar-refractivity contribution in [1.29, 1.82) is 0 Å². The molecule has 4 rings (SSSR count). The average molecular weight is 413 g/mol. The Hall–Kier alpha value is -2.29. The summed E-state index contributed by atoms with van der Waals surface area (Å²) in [4.78, 5) is 11.9. The Morgan fingerprint density at radius 2 is 1.77 bits per heavy atom. The largest absolute Gasteiger partial charge is 0.368 e. The number of rotatable bonds is 6. The summed E-state index contributed by atoms with van der Waals surface area (Å²) in [5.41, 5.74) is 1.95. The predicted octanol–water partition coefficient (Wildman–Crippen LogP) is 2.56. The molecular weight excluding hydrogens is 386 g/mol. The molecule has 2 aromatic carbocycles. The van der Waals surface area contributed by atoms with E-state index in [0.29, 0.717) is 13.2 Å². The SMILES string of the molecule is CO[C@H]1O[C@@H]2COC(c3ccccc3)O[C@H]2[C@@H](OCc2ccccc2)[C@H]1NC(C)=O. The number of fused-ring (bicyclic) bond motifs is 1. The van der Waals surface area contributed by atoms with E-state index in [9.17, 15) is 4.79 Å². The Morgan fingerprint density at radius 3 is 2.43 bits per heavy atom. The Morgan fingerprint density at radius 1 is 1.07 bits per heavy atom. The smallest absolute Gasteiger partial charge is 0.217 e. The summed E-state index contributed by atoms with van der Waals surface area (Å²) in [6.07, 6.45) is -2.49. The fourth-order valence-corrected chi connectivity index (χ4v) is 3.91. The van der Waals surface area contributed by atoms with Gasteiger partial charge in [-0.15, -0.1) is 0 Å². The van der Waals surface area contributed by atoms with Gasteiger partial charge in [-0.25, -0.2) is 0 Å². The molecule has 7 heteroatoms. The highest BCUT2D eigenvalue weighted by Crippen LogP contribution is 2.35. The maximum absolute atomic E-state index is 11.9. The number of nitrogens with one attached hydrogen (secondary N) is 1. The molecular formula is C23H27NO6. The zero-order chi connectivity index (χ0) is 20.9. The van der Waals surface area contributed by atoms with E-state index in [1.54, 1.807) is 7.11 Å². The molecule has 1 unspecified atom stereocenters. The van der Waals surface area contributed by atoms with Crippen LogP contribution >= 0.6 is 0 Å². The molecule has 7 nitrogen and oxygen atoms in total. The second kappa shape index (κ2) is 9.68. The minimum atomic E-state index is -0.670. The third-order valence-electron chi connectivity index (χ3n) is 5.30. The zero-order valence-corrected chi connectivity index (χ0v) is 17.1. The topological polar surface area (TPSA) is 75.2 Å².